The molecule has 3 N–H and O–H groups in total. The van der Waals surface area contributed by atoms with Crippen molar-refractivity contribution in [3.63, 3.8) is 0 Å². The molecule has 1 aliphatic rings. The molecule has 0 saturated carbocycles. The van der Waals surface area contributed by atoms with E-state index in [4.69, 9.17) is 38.8 Å². The first-order valence-electron chi connectivity index (χ1n) is 10.0. The summed E-state index contributed by atoms with van der Waals surface area (Å²) < 4.78 is 33.9. The molecule has 4 rings (SSSR count). The molecule has 2 heterocycles. The highest BCUT2D eigenvalue weighted by Crippen LogP contribution is 2.30. The highest BCUT2D eigenvalue weighted by molar-refractivity contribution is 6.35. The van der Waals surface area contributed by atoms with E-state index in [1.165, 1.54) is 0 Å². The van der Waals surface area contributed by atoms with Crippen LogP contribution in [-0.2, 0) is 11.3 Å². The fourth-order valence-corrected chi connectivity index (χ4v) is 3.76. The maximum Gasteiger partial charge on any atom is 0.490 e. The Morgan fingerprint density at radius 1 is 1.27 bits per heavy atom. The predicted octanol–water partition coefficient (Wildman–Crippen LogP) is 4.85. The van der Waals surface area contributed by atoms with Gasteiger partial charge in [0, 0.05) is 19.1 Å². The molecule has 1 aromatic heterocycles. The van der Waals surface area contributed by atoms with Crippen molar-refractivity contribution < 1.29 is 23.1 Å². The van der Waals surface area contributed by atoms with Gasteiger partial charge in [0.1, 0.15) is 5.52 Å². The number of carboxylic acid groups (broad SMARTS) is 1. The number of aromatic nitrogens is 2. The van der Waals surface area contributed by atoms with Gasteiger partial charge in [0.2, 0.25) is 5.95 Å². The smallest absolute Gasteiger partial charge is 0.475 e. The number of hydrogen-bond acceptors (Lipinski definition) is 4. The van der Waals surface area contributed by atoms with E-state index in [1.54, 1.807) is 0 Å². The summed E-state index contributed by atoms with van der Waals surface area (Å²) in [5, 5.41) is 7.78. The Balaban J connectivity index is 0.000000383. The largest absolute Gasteiger partial charge is 0.490 e. The number of nitrogens with two attached hydrogens (primary N) is 1. The molecule has 0 bridgehead atoms. The number of nitrogens with zero attached hydrogens (tertiary/aromatic N) is 4. The lowest BCUT2D eigenvalue weighted by molar-refractivity contribution is -0.192. The first-order chi connectivity index (χ1) is 15.6. The molecule has 2 aromatic carbocycles. The fraction of sp³-hybridized carbons (Fsp3) is 0.318. The van der Waals surface area contributed by atoms with Gasteiger partial charge >= 0.3 is 12.1 Å². The van der Waals surface area contributed by atoms with Gasteiger partial charge in [-0.3, -0.25) is 0 Å². The molecular weight excluding hydrogens is 459 g/mol. The monoisotopic (exact) mass is 479 g/mol. The second kappa shape index (κ2) is 10.1. The Morgan fingerprint density at radius 2 is 1.94 bits per heavy atom. The summed E-state index contributed by atoms with van der Waals surface area (Å²) in [5.74, 6) is -1.84. The van der Waals surface area contributed by atoms with Crippen molar-refractivity contribution in [2.75, 3.05) is 18.0 Å². The SMILES string of the molecule is O=C(O)C(F)(F)F.[C-]#[N+]c1ccc(Cn2c(N3CCC[C@H](N)C3)nc3c(Cl)cccc32)cc1. The number of piperidine rings is 1. The van der Waals surface area contributed by atoms with Crippen LogP contribution in [0, 0.1) is 6.57 Å². The van der Waals surface area contributed by atoms with Crippen molar-refractivity contribution in [3.8, 4) is 0 Å². The predicted molar refractivity (Wildman–Crippen MR) is 120 cm³/mol. The minimum atomic E-state index is -5.08. The number of benzene rings is 2. The Kier molecular flexibility index (Phi) is 7.46. The normalized spacial score (nSPS) is 16.1. The van der Waals surface area contributed by atoms with E-state index in [9.17, 15) is 13.2 Å². The van der Waals surface area contributed by atoms with Gasteiger partial charge in [-0.25, -0.2) is 14.6 Å². The van der Waals surface area contributed by atoms with Crippen LogP contribution in [-0.4, -0.2) is 45.9 Å². The molecule has 3 aromatic rings. The number of imidazole rings is 1. The summed E-state index contributed by atoms with van der Waals surface area (Å²) in [6.45, 7) is 9.54. The molecule has 1 fully saturated rings. The first-order valence-corrected chi connectivity index (χ1v) is 10.4. The van der Waals surface area contributed by atoms with E-state index in [0.29, 0.717) is 17.3 Å². The van der Waals surface area contributed by atoms with Crippen LogP contribution >= 0.6 is 11.6 Å². The summed E-state index contributed by atoms with van der Waals surface area (Å²) in [6.07, 6.45) is -2.96. The van der Waals surface area contributed by atoms with E-state index >= 15 is 0 Å². The fourth-order valence-electron chi connectivity index (χ4n) is 3.55. The van der Waals surface area contributed by atoms with Crippen molar-refractivity contribution in [1.82, 2.24) is 9.55 Å². The van der Waals surface area contributed by atoms with Crippen molar-refractivity contribution >= 4 is 40.2 Å². The Bertz CT molecular complexity index is 1170. The van der Waals surface area contributed by atoms with Crippen molar-refractivity contribution in [1.29, 1.82) is 0 Å². The zero-order chi connectivity index (χ0) is 24.2. The number of rotatable bonds is 3. The molecule has 0 radical (unpaired) electrons. The second-order valence-corrected chi connectivity index (χ2v) is 7.94. The minimum absolute atomic E-state index is 0.172. The van der Waals surface area contributed by atoms with Crippen LogP contribution in [0.25, 0.3) is 15.9 Å². The average molecular weight is 480 g/mol. The molecule has 174 valence electrons. The van der Waals surface area contributed by atoms with Crippen LogP contribution in [0.4, 0.5) is 24.8 Å². The highest BCUT2D eigenvalue weighted by atomic mass is 35.5. The zero-order valence-corrected chi connectivity index (χ0v) is 18.1. The molecule has 0 aliphatic carbocycles. The van der Waals surface area contributed by atoms with Crippen LogP contribution in [0.5, 0.6) is 0 Å². The number of carboxylic acids is 1. The highest BCUT2D eigenvalue weighted by Gasteiger charge is 2.38. The molecule has 0 amide bonds. The Labute approximate surface area is 193 Å². The molecule has 1 aliphatic heterocycles. The third-order valence-electron chi connectivity index (χ3n) is 5.10. The number of fused-ring (bicyclic) bond motifs is 1. The van der Waals surface area contributed by atoms with Crippen LogP contribution < -0.4 is 10.6 Å². The van der Waals surface area contributed by atoms with E-state index in [-0.39, 0.29) is 6.04 Å². The van der Waals surface area contributed by atoms with Crippen molar-refractivity contribution in [2.24, 2.45) is 5.73 Å². The summed E-state index contributed by atoms with van der Waals surface area (Å²) in [4.78, 5) is 19.5. The van der Waals surface area contributed by atoms with Crippen LogP contribution in [0.1, 0.15) is 18.4 Å². The first kappa shape index (κ1) is 24.4. The summed E-state index contributed by atoms with van der Waals surface area (Å²) in [7, 11) is 0. The van der Waals surface area contributed by atoms with E-state index < -0.39 is 12.1 Å². The molecule has 0 unspecified atom stereocenters. The van der Waals surface area contributed by atoms with Gasteiger partial charge in [0.15, 0.2) is 5.69 Å². The number of hydrogen-bond donors (Lipinski definition) is 2. The maximum absolute atomic E-state index is 10.6. The Morgan fingerprint density at radius 3 is 2.52 bits per heavy atom. The second-order valence-electron chi connectivity index (χ2n) is 7.54. The van der Waals surface area contributed by atoms with Crippen LogP contribution in [0.3, 0.4) is 0 Å². The number of carbonyl (C=O) groups is 1. The van der Waals surface area contributed by atoms with Crippen molar-refractivity contribution in [2.45, 2.75) is 31.6 Å². The summed E-state index contributed by atoms with van der Waals surface area (Å²) in [6, 6.07) is 13.7. The molecule has 1 atom stereocenters. The third kappa shape index (κ3) is 5.94. The summed E-state index contributed by atoms with van der Waals surface area (Å²) in [5.41, 5.74) is 9.80. The lowest BCUT2D eigenvalue weighted by Crippen LogP contribution is -2.44. The maximum atomic E-state index is 10.6. The Hall–Kier alpha value is -3.29. The van der Waals surface area contributed by atoms with Crippen LogP contribution in [0.15, 0.2) is 42.5 Å². The molecule has 11 heteroatoms. The molecule has 33 heavy (non-hydrogen) atoms. The van der Waals surface area contributed by atoms with E-state index in [1.807, 2.05) is 36.4 Å². The zero-order valence-electron chi connectivity index (χ0n) is 17.4. The van der Waals surface area contributed by atoms with Gasteiger partial charge in [-0.15, -0.1) is 0 Å². The lowest BCUT2D eigenvalue weighted by Gasteiger charge is -2.32. The van der Waals surface area contributed by atoms with Gasteiger partial charge in [0.05, 0.1) is 23.7 Å². The molecule has 7 nitrogen and oxygen atoms in total. The quantitative estimate of drug-likeness (QED) is 0.524. The van der Waals surface area contributed by atoms with Crippen LogP contribution in [0.2, 0.25) is 5.02 Å². The third-order valence-corrected chi connectivity index (χ3v) is 5.40. The van der Waals surface area contributed by atoms with E-state index in [2.05, 4.69) is 20.4 Å². The standard InChI is InChI=1S/C20H20ClN5.C2HF3O2/c1-23-16-9-7-14(8-10-16)12-26-18-6-2-5-17(21)19(18)24-20(26)25-11-3-4-15(22)13-25;3-2(4,5)1(6)7/h2,5-10,15H,3-4,11-13,22H2;(H,6,7)/t15-;/m0./s1. The lowest BCUT2D eigenvalue weighted by atomic mass is 10.1. The van der Waals surface area contributed by atoms with Gasteiger partial charge in [-0.2, -0.15) is 13.2 Å². The molecule has 0 spiro atoms. The number of para-hydroxylation sites is 1. The number of halogens is 4. The number of aliphatic carboxylic acids is 1. The van der Waals surface area contributed by atoms with Crippen molar-refractivity contribution in [3.05, 3.63) is 64.5 Å². The van der Waals surface area contributed by atoms with Gasteiger partial charge in [-0.05, 0) is 30.5 Å². The van der Waals surface area contributed by atoms with Gasteiger partial charge < -0.3 is 20.3 Å². The summed E-state index contributed by atoms with van der Waals surface area (Å²) >= 11 is 6.40. The van der Waals surface area contributed by atoms with Gasteiger partial charge in [0.25, 0.3) is 0 Å². The average Bonchev–Trinajstić information content (AvgIpc) is 3.14. The minimum Gasteiger partial charge on any atom is -0.475 e. The molecular formula is C22H21ClF3N5O2. The number of alkyl halides is 3. The van der Waals surface area contributed by atoms with E-state index in [0.717, 1.165) is 48.5 Å². The van der Waals surface area contributed by atoms with Gasteiger partial charge in [-0.1, -0.05) is 41.9 Å². The topological polar surface area (TPSA) is 88.7 Å². The molecule has 1 saturated heterocycles. The number of anilines is 1.